The Kier molecular flexibility index (Phi) is 14.0. The van der Waals surface area contributed by atoms with Crippen LogP contribution in [0.2, 0.25) is 0 Å². The third kappa shape index (κ3) is 9.46. The topological polar surface area (TPSA) is 12.0 Å². The molecule has 1 nitrogen and oxygen atoms in total. The van der Waals surface area contributed by atoms with Crippen LogP contribution in [0.5, 0.6) is 0 Å². The molecule has 0 aromatic carbocycles. The van der Waals surface area contributed by atoms with Gasteiger partial charge in [-0.15, -0.1) is 0 Å². The summed E-state index contributed by atoms with van der Waals surface area (Å²) < 4.78 is 0. The van der Waals surface area contributed by atoms with E-state index >= 15 is 0 Å². The third-order valence-corrected chi connectivity index (χ3v) is 0.854. The molecular weight excluding hydrogens is 95.1 g/mol. The van der Waals surface area contributed by atoms with Crippen LogP contribution >= 0.6 is 0 Å². The van der Waals surface area contributed by atoms with Gasteiger partial charge in [0.25, 0.3) is 0 Å². The average molecular weight is 112 g/mol. The SMILES string of the molecule is CCCNCCC.[Be+2].[H-].[H-]. The first-order valence-corrected chi connectivity index (χ1v) is 3.12. The van der Waals surface area contributed by atoms with Crippen molar-refractivity contribution in [2.24, 2.45) is 0 Å². The summed E-state index contributed by atoms with van der Waals surface area (Å²) in [5.74, 6) is 0. The fourth-order valence-corrected chi connectivity index (χ4v) is 0.479. The molecule has 0 aliphatic rings. The Hall–Kier alpha value is 0.129. The number of rotatable bonds is 4. The van der Waals surface area contributed by atoms with E-state index in [1.54, 1.807) is 0 Å². The zero-order valence-corrected chi connectivity index (χ0v) is 6.04. The molecule has 0 amide bonds. The molecule has 48 valence electrons. The van der Waals surface area contributed by atoms with Gasteiger partial charge in [0.1, 0.15) is 0 Å². The molecule has 0 aliphatic carbocycles. The Balaban J connectivity index is -0.0000000600. The van der Waals surface area contributed by atoms with Crippen LogP contribution in [-0.2, 0) is 0 Å². The normalized spacial score (nSPS) is 8.25. The Morgan fingerprint density at radius 1 is 1.12 bits per heavy atom. The molecular formula is C6H17BeN. The summed E-state index contributed by atoms with van der Waals surface area (Å²) in [6.07, 6.45) is 2.50. The first-order valence-electron chi connectivity index (χ1n) is 3.12. The summed E-state index contributed by atoms with van der Waals surface area (Å²) in [6, 6.07) is 0. The zero-order chi connectivity index (χ0) is 5.54. The van der Waals surface area contributed by atoms with Crippen molar-refractivity contribution in [3.05, 3.63) is 0 Å². The van der Waals surface area contributed by atoms with Gasteiger partial charge in [-0.05, 0) is 25.9 Å². The summed E-state index contributed by atoms with van der Waals surface area (Å²) >= 11 is 0. The molecule has 0 aromatic heterocycles. The summed E-state index contributed by atoms with van der Waals surface area (Å²) in [4.78, 5) is 0. The second-order valence-electron chi connectivity index (χ2n) is 1.75. The molecule has 2 heteroatoms. The number of hydrogen-bond acceptors (Lipinski definition) is 1. The van der Waals surface area contributed by atoms with E-state index < -0.39 is 0 Å². The van der Waals surface area contributed by atoms with Gasteiger partial charge in [-0.25, -0.2) is 0 Å². The minimum Gasteiger partial charge on any atom is -1.00 e. The maximum absolute atomic E-state index is 3.28. The van der Waals surface area contributed by atoms with Crippen molar-refractivity contribution in [2.45, 2.75) is 26.7 Å². The van der Waals surface area contributed by atoms with Crippen molar-refractivity contribution < 1.29 is 2.85 Å². The second-order valence-corrected chi connectivity index (χ2v) is 1.75. The third-order valence-electron chi connectivity index (χ3n) is 0.854. The van der Waals surface area contributed by atoms with Gasteiger partial charge in [0, 0.05) is 0 Å². The van der Waals surface area contributed by atoms with Gasteiger partial charge in [0.05, 0.1) is 0 Å². The Morgan fingerprint density at radius 2 is 1.50 bits per heavy atom. The van der Waals surface area contributed by atoms with E-state index in [4.69, 9.17) is 0 Å². The quantitative estimate of drug-likeness (QED) is 0.426. The number of hydrogen-bond donors (Lipinski definition) is 1. The van der Waals surface area contributed by atoms with Crippen molar-refractivity contribution in [1.82, 2.24) is 5.32 Å². The van der Waals surface area contributed by atoms with Crippen LogP contribution in [0.3, 0.4) is 0 Å². The molecule has 0 atom stereocenters. The molecule has 1 N–H and O–H groups in total. The van der Waals surface area contributed by atoms with Crippen molar-refractivity contribution in [3.8, 4) is 0 Å². The molecule has 0 spiro atoms. The smallest absolute Gasteiger partial charge is 1.00 e. The first kappa shape index (κ1) is 11.0. The zero-order valence-electron chi connectivity index (χ0n) is 8.04. The van der Waals surface area contributed by atoms with Crippen LogP contribution in [0.15, 0.2) is 0 Å². The molecule has 0 fully saturated rings. The van der Waals surface area contributed by atoms with E-state index in [0.717, 1.165) is 0 Å². The Morgan fingerprint density at radius 3 is 1.75 bits per heavy atom. The van der Waals surface area contributed by atoms with Crippen molar-refractivity contribution >= 4 is 10.1 Å². The van der Waals surface area contributed by atoms with E-state index in [2.05, 4.69) is 19.2 Å². The van der Waals surface area contributed by atoms with Crippen LogP contribution < -0.4 is 5.32 Å². The Labute approximate surface area is 59.0 Å². The predicted octanol–water partition coefficient (Wildman–Crippen LogP) is 1.24. The molecule has 0 bridgehead atoms. The molecule has 0 saturated carbocycles. The molecule has 0 heterocycles. The van der Waals surface area contributed by atoms with E-state index in [1.165, 1.54) is 25.9 Å². The van der Waals surface area contributed by atoms with Crippen LogP contribution in [0.1, 0.15) is 29.5 Å². The predicted molar refractivity (Wildman–Crippen MR) is 41.4 cm³/mol. The molecule has 0 aromatic rings. The van der Waals surface area contributed by atoms with E-state index in [-0.39, 0.29) is 13.0 Å². The van der Waals surface area contributed by atoms with Crippen LogP contribution in [-0.4, -0.2) is 23.2 Å². The van der Waals surface area contributed by atoms with Crippen molar-refractivity contribution in [2.75, 3.05) is 13.1 Å². The van der Waals surface area contributed by atoms with E-state index in [9.17, 15) is 0 Å². The largest absolute Gasteiger partial charge is 2.00 e. The fraction of sp³-hybridized carbons (Fsp3) is 1.00. The van der Waals surface area contributed by atoms with Gasteiger partial charge in [-0.3, -0.25) is 0 Å². The summed E-state index contributed by atoms with van der Waals surface area (Å²) in [5, 5.41) is 3.28. The number of nitrogens with one attached hydrogen (secondary N) is 1. The van der Waals surface area contributed by atoms with Gasteiger partial charge in [0.2, 0.25) is 0 Å². The van der Waals surface area contributed by atoms with E-state index in [0.29, 0.717) is 0 Å². The van der Waals surface area contributed by atoms with Crippen molar-refractivity contribution in [3.63, 3.8) is 0 Å². The average Bonchev–Trinajstić information content (AvgIpc) is 1.69. The summed E-state index contributed by atoms with van der Waals surface area (Å²) in [7, 11) is 0. The van der Waals surface area contributed by atoms with E-state index in [1.807, 2.05) is 0 Å². The maximum Gasteiger partial charge on any atom is 2.00 e. The van der Waals surface area contributed by atoms with Crippen LogP contribution in [0.25, 0.3) is 0 Å². The maximum atomic E-state index is 3.28. The molecule has 0 rings (SSSR count). The van der Waals surface area contributed by atoms with Gasteiger partial charge in [-0.2, -0.15) is 0 Å². The first-order chi connectivity index (χ1) is 3.41. The monoisotopic (exact) mass is 112 g/mol. The van der Waals surface area contributed by atoms with Crippen molar-refractivity contribution in [1.29, 1.82) is 0 Å². The molecule has 0 radical (unpaired) electrons. The molecule has 0 aliphatic heterocycles. The molecule has 0 saturated heterocycles. The summed E-state index contributed by atoms with van der Waals surface area (Å²) in [5.41, 5.74) is 0. The van der Waals surface area contributed by atoms with Gasteiger partial charge < -0.3 is 8.17 Å². The van der Waals surface area contributed by atoms with Gasteiger partial charge >= 0.3 is 10.1 Å². The van der Waals surface area contributed by atoms with Gasteiger partial charge in [0.15, 0.2) is 0 Å². The fourth-order valence-electron chi connectivity index (χ4n) is 0.479. The second kappa shape index (κ2) is 10.2. The Bertz CT molecular complexity index is 34.9. The minimum absolute atomic E-state index is 0. The molecule has 0 unspecified atom stereocenters. The summed E-state index contributed by atoms with van der Waals surface area (Å²) in [6.45, 7) is 6.72. The van der Waals surface area contributed by atoms with Crippen LogP contribution in [0.4, 0.5) is 0 Å². The molecule has 8 heavy (non-hydrogen) atoms. The van der Waals surface area contributed by atoms with Crippen LogP contribution in [0, 0.1) is 0 Å². The standard InChI is InChI=1S/C6H15N.Be.2H/c1-3-5-7-6-4-2;;;/h7H,3-6H2,1-2H3;;;/q;+2;2*-1. The van der Waals surface area contributed by atoms with Gasteiger partial charge in [-0.1, -0.05) is 13.8 Å². The minimum atomic E-state index is 0.